The standard InChI is InChI=1S/C23H36N6.HI/c1-17(14-22-18(2)27-28(5)19(22)3)26-23(24-4)25-15-20-8-10-21(11-9-20)16-29-12-6-7-13-29;/h8-11,17H,6-7,12-16H2,1-5H3,(H2,24,25,26);1H. The molecule has 166 valence electrons. The summed E-state index contributed by atoms with van der Waals surface area (Å²) in [4.78, 5) is 6.92. The van der Waals surface area contributed by atoms with Crippen LogP contribution in [0.2, 0.25) is 0 Å². The van der Waals surface area contributed by atoms with Gasteiger partial charge in [0, 0.05) is 38.9 Å². The molecular weight excluding hydrogens is 487 g/mol. The highest BCUT2D eigenvalue weighted by Crippen LogP contribution is 2.15. The van der Waals surface area contributed by atoms with Gasteiger partial charge in [-0.1, -0.05) is 24.3 Å². The lowest BCUT2D eigenvalue weighted by molar-refractivity contribution is 0.331. The van der Waals surface area contributed by atoms with Gasteiger partial charge >= 0.3 is 0 Å². The number of halogens is 1. The van der Waals surface area contributed by atoms with Crippen LogP contribution in [0.4, 0.5) is 0 Å². The predicted octanol–water partition coefficient (Wildman–Crippen LogP) is 3.55. The Morgan fingerprint density at radius 1 is 1.13 bits per heavy atom. The van der Waals surface area contributed by atoms with Gasteiger partial charge in [-0.2, -0.15) is 5.10 Å². The Morgan fingerprint density at radius 3 is 2.33 bits per heavy atom. The van der Waals surface area contributed by atoms with Gasteiger partial charge in [-0.15, -0.1) is 24.0 Å². The first-order valence-electron chi connectivity index (χ1n) is 10.7. The van der Waals surface area contributed by atoms with Gasteiger partial charge in [-0.05, 0) is 69.8 Å². The molecule has 1 aromatic carbocycles. The van der Waals surface area contributed by atoms with Gasteiger partial charge < -0.3 is 10.6 Å². The van der Waals surface area contributed by atoms with Crippen LogP contribution >= 0.6 is 24.0 Å². The van der Waals surface area contributed by atoms with Gasteiger partial charge in [0.05, 0.1) is 5.69 Å². The summed E-state index contributed by atoms with van der Waals surface area (Å²) in [6.07, 6.45) is 3.61. The van der Waals surface area contributed by atoms with E-state index < -0.39 is 0 Å². The third kappa shape index (κ3) is 6.70. The van der Waals surface area contributed by atoms with Crippen molar-refractivity contribution in [2.24, 2.45) is 12.0 Å². The van der Waals surface area contributed by atoms with Gasteiger partial charge in [0.15, 0.2) is 5.96 Å². The maximum atomic E-state index is 4.52. The van der Waals surface area contributed by atoms with Crippen LogP contribution in [0.25, 0.3) is 0 Å². The summed E-state index contributed by atoms with van der Waals surface area (Å²) in [5.41, 5.74) is 6.32. The summed E-state index contributed by atoms with van der Waals surface area (Å²) in [5.74, 6) is 0.831. The van der Waals surface area contributed by atoms with Crippen LogP contribution in [-0.4, -0.2) is 46.8 Å². The second-order valence-corrected chi connectivity index (χ2v) is 8.25. The number of nitrogens with zero attached hydrogens (tertiary/aromatic N) is 4. The molecule has 1 saturated heterocycles. The number of nitrogens with one attached hydrogen (secondary N) is 2. The Hall–Kier alpha value is -1.61. The Balaban J connectivity index is 0.00000320. The monoisotopic (exact) mass is 524 g/mol. The molecule has 3 rings (SSSR count). The largest absolute Gasteiger partial charge is 0.354 e. The van der Waals surface area contributed by atoms with Gasteiger partial charge in [-0.3, -0.25) is 14.6 Å². The first-order valence-corrected chi connectivity index (χ1v) is 10.7. The number of hydrogen-bond donors (Lipinski definition) is 2. The summed E-state index contributed by atoms with van der Waals surface area (Å²) >= 11 is 0. The lowest BCUT2D eigenvalue weighted by atomic mass is 10.1. The van der Waals surface area contributed by atoms with Crippen molar-refractivity contribution in [1.82, 2.24) is 25.3 Å². The molecule has 1 fully saturated rings. The molecule has 0 radical (unpaired) electrons. The second-order valence-electron chi connectivity index (χ2n) is 8.25. The van der Waals surface area contributed by atoms with E-state index in [2.05, 4.69) is 70.7 Å². The van der Waals surface area contributed by atoms with Crippen LogP contribution in [-0.2, 0) is 26.6 Å². The van der Waals surface area contributed by atoms with Crippen molar-refractivity contribution in [3.05, 3.63) is 52.3 Å². The van der Waals surface area contributed by atoms with Crippen LogP contribution < -0.4 is 10.6 Å². The first-order chi connectivity index (χ1) is 14.0. The van der Waals surface area contributed by atoms with E-state index in [0.29, 0.717) is 0 Å². The zero-order valence-corrected chi connectivity index (χ0v) is 21.4. The third-order valence-electron chi connectivity index (χ3n) is 5.86. The highest BCUT2D eigenvalue weighted by atomic mass is 127. The molecule has 1 aliphatic heterocycles. The number of benzene rings is 1. The van der Waals surface area contributed by atoms with Crippen molar-refractivity contribution in [3.63, 3.8) is 0 Å². The summed E-state index contributed by atoms with van der Waals surface area (Å²) in [5, 5.41) is 11.5. The summed E-state index contributed by atoms with van der Waals surface area (Å²) in [6.45, 7) is 10.7. The fourth-order valence-corrected chi connectivity index (χ4v) is 4.05. The van der Waals surface area contributed by atoms with Gasteiger partial charge in [0.2, 0.25) is 0 Å². The molecule has 0 bridgehead atoms. The van der Waals surface area contributed by atoms with Crippen LogP contribution in [0.5, 0.6) is 0 Å². The second kappa shape index (κ2) is 11.7. The molecule has 7 heteroatoms. The molecule has 6 nitrogen and oxygen atoms in total. The van der Waals surface area contributed by atoms with E-state index >= 15 is 0 Å². The van der Waals surface area contributed by atoms with Crippen molar-refractivity contribution in [2.75, 3.05) is 20.1 Å². The predicted molar refractivity (Wildman–Crippen MR) is 136 cm³/mol. The quantitative estimate of drug-likeness (QED) is 0.331. The maximum Gasteiger partial charge on any atom is 0.191 e. The maximum absolute atomic E-state index is 4.52. The highest BCUT2D eigenvalue weighted by Gasteiger charge is 2.14. The molecule has 1 atom stereocenters. The minimum atomic E-state index is 0. The summed E-state index contributed by atoms with van der Waals surface area (Å²) in [7, 11) is 3.82. The van der Waals surface area contributed by atoms with Crippen molar-refractivity contribution in [1.29, 1.82) is 0 Å². The number of aryl methyl sites for hydroxylation is 2. The first kappa shape index (κ1) is 24.7. The summed E-state index contributed by atoms with van der Waals surface area (Å²) in [6, 6.07) is 9.21. The smallest absolute Gasteiger partial charge is 0.191 e. The minimum Gasteiger partial charge on any atom is -0.354 e. The lowest BCUT2D eigenvalue weighted by Crippen LogP contribution is -2.42. The van der Waals surface area contributed by atoms with Crippen LogP contribution in [0.15, 0.2) is 29.3 Å². The molecular formula is C23H37IN6. The third-order valence-corrected chi connectivity index (χ3v) is 5.86. The Bertz CT molecular complexity index is 821. The molecule has 0 saturated carbocycles. The van der Waals surface area contributed by atoms with E-state index in [4.69, 9.17) is 0 Å². The zero-order chi connectivity index (χ0) is 20.8. The van der Waals surface area contributed by atoms with Gasteiger partial charge in [0.1, 0.15) is 0 Å². The number of aromatic nitrogens is 2. The molecule has 0 amide bonds. The van der Waals surface area contributed by atoms with Crippen LogP contribution in [0.3, 0.4) is 0 Å². The Labute approximate surface area is 198 Å². The lowest BCUT2D eigenvalue weighted by Gasteiger charge is -2.18. The van der Waals surface area contributed by atoms with Crippen molar-refractivity contribution < 1.29 is 0 Å². The molecule has 1 unspecified atom stereocenters. The average molecular weight is 524 g/mol. The number of aliphatic imine (C=N–C) groups is 1. The number of guanidine groups is 1. The molecule has 2 aromatic rings. The average Bonchev–Trinajstić information content (AvgIpc) is 3.30. The van der Waals surface area contributed by atoms with Crippen molar-refractivity contribution in [3.8, 4) is 0 Å². The number of rotatable bonds is 7. The van der Waals surface area contributed by atoms with E-state index in [9.17, 15) is 0 Å². The van der Waals surface area contributed by atoms with Gasteiger partial charge in [0.25, 0.3) is 0 Å². The van der Waals surface area contributed by atoms with E-state index in [1.165, 1.54) is 48.3 Å². The zero-order valence-electron chi connectivity index (χ0n) is 19.0. The van der Waals surface area contributed by atoms with E-state index in [-0.39, 0.29) is 30.0 Å². The normalized spacial score (nSPS) is 15.7. The molecule has 1 aromatic heterocycles. The number of hydrogen-bond acceptors (Lipinski definition) is 3. The molecule has 0 spiro atoms. The molecule has 30 heavy (non-hydrogen) atoms. The molecule has 1 aliphatic rings. The minimum absolute atomic E-state index is 0. The highest BCUT2D eigenvalue weighted by molar-refractivity contribution is 14.0. The molecule has 2 N–H and O–H groups in total. The fraction of sp³-hybridized carbons (Fsp3) is 0.565. The Kier molecular flexibility index (Phi) is 9.61. The van der Waals surface area contributed by atoms with Crippen molar-refractivity contribution in [2.45, 2.75) is 59.2 Å². The van der Waals surface area contributed by atoms with Gasteiger partial charge in [-0.25, -0.2) is 0 Å². The van der Waals surface area contributed by atoms with Crippen LogP contribution in [0, 0.1) is 13.8 Å². The number of likely N-dealkylation sites (tertiary alicyclic amines) is 1. The van der Waals surface area contributed by atoms with E-state index in [1.807, 2.05) is 18.8 Å². The van der Waals surface area contributed by atoms with E-state index in [0.717, 1.165) is 31.2 Å². The topological polar surface area (TPSA) is 57.5 Å². The summed E-state index contributed by atoms with van der Waals surface area (Å²) < 4.78 is 1.96. The SMILES string of the molecule is CN=C(NCc1ccc(CN2CCCC2)cc1)NC(C)Cc1c(C)nn(C)c1C.I. The van der Waals surface area contributed by atoms with Crippen molar-refractivity contribution >= 4 is 29.9 Å². The van der Waals surface area contributed by atoms with E-state index in [1.54, 1.807) is 0 Å². The fourth-order valence-electron chi connectivity index (χ4n) is 4.05. The molecule has 2 heterocycles. The Morgan fingerprint density at radius 2 is 1.77 bits per heavy atom. The van der Waals surface area contributed by atoms with Crippen LogP contribution in [0.1, 0.15) is 47.8 Å². The molecule has 0 aliphatic carbocycles.